The fraction of sp³-hybridized carbons (Fsp3) is 0.560. The number of allylic oxidation sites excluding steroid dienone is 2. The van der Waals surface area contributed by atoms with Crippen molar-refractivity contribution in [1.82, 2.24) is 4.72 Å². The Kier molecular flexibility index (Phi) is 7.43. The third-order valence-corrected chi connectivity index (χ3v) is 8.38. The summed E-state index contributed by atoms with van der Waals surface area (Å²) < 4.78 is 28.6. The second-order valence-electron chi connectivity index (χ2n) is 9.74. The smallest absolute Gasteiger partial charge is 0.303 e. The van der Waals surface area contributed by atoms with Gasteiger partial charge in [-0.1, -0.05) is 55.8 Å². The monoisotopic (exact) mass is 445 g/mol. The highest BCUT2D eigenvalue weighted by atomic mass is 32.2. The molecule has 0 heterocycles. The van der Waals surface area contributed by atoms with Crippen LogP contribution in [0.1, 0.15) is 63.5 Å². The summed E-state index contributed by atoms with van der Waals surface area (Å²) in [5.74, 6) is 0.555. The van der Waals surface area contributed by atoms with Crippen molar-refractivity contribution in [1.29, 1.82) is 0 Å². The quantitative estimate of drug-likeness (QED) is 0.386. The van der Waals surface area contributed by atoms with Gasteiger partial charge in [-0.3, -0.25) is 4.79 Å². The molecule has 3 saturated carbocycles. The van der Waals surface area contributed by atoms with Crippen molar-refractivity contribution in [2.24, 2.45) is 23.2 Å². The van der Waals surface area contributed by atoms with E-state index in [1.807, 2.05) is 37.3 Å². The number of rotatable bonds is 10. The number of carboxylic acid groups (broad SMARTS) is 1. The zero-order valence-corrected chi connectivity index (χ0v) is 19.6. The van der Waals surface area contributed by atoms with Crippen LogP contribution < -0.4 is 4.72 Å². The molecule has 4 rings (SSSR count). The van der Waals surface area contributed by atoms with E-state index in [4.69, 9.17) is 5.11 Å². The molecule has 170 valence electrons. The molecule has 0 aliphatic heterocycles. The van der Waals surface area contributed by atoms with Crippen molar-refractivity contribution >= 4 is 22.1 Å². The van der Waals surface area contributed by atoms with Gasteiger partial charge in [0, 0.05) is 17.9 Å². The first-order valence-electron chi connectivity index (χ1n) is 11.2. The molecule has 4 atom stereocenters. The fourth-order valence-corrected chi connectivity index (χ4v) is 6.45. The summed E-state index contributed by atoms with van der Waals surface area (Å²) in [7, 11) is -3.53. The minimum absolute atomic E-state index is 0.0624. The molecule has 2 N–H and O–H groups in total. The van der Waals surface area contributed by atoms with E-state index in [1.54, 1.807) is 6.08 Å². The lowest BCUT2D eigenvalue weighted by Crippen LogP contribution is -2.61. The lowest BCUT2D eigenvalue weighted by atomic mass is 9.44. The number of aryl methyl sites for hydroxylation is 1. The zero-order chi connectivity index (χ0) is 22.6. The minimum Gasteiger partial charge on any atom is -0.481 e. The Balaban J connectivity index is 1.65. The Labute approximate surface area is 186 Å². The van der Waals surface area contributed by atoms with E-state index in [9.17, 15) is 13.2 Å². The predicted octanol–water partition coefficient (Wildman–Crippen LogP) is 5.14. The number of carbonyl (C=O) groups is 1. The van der Waals surface area contributed by atoms with Crippen LogP contribution in [-0.4, -0.2) is 25.5 Å². The Morgan fingerprint density at radius 2 is 2.03 bits per heavy atom. The number of aliphatic carboxylic acids is 1. The van der Waals surface area contributed by atoms with Crippen LogP contribution in [0.15, 0.2) is 41.8 Å². The lowest BCUT2D eigenvalue weighted by molar-refractivity contribution is -0.137. The lowest BCUT2D eigenvalue weighted by Gasteiger charge is -2.62. The molecular weight excluding hydrogens is 410 g/mol. The van der Waals surface area contributed by atoms with E-state index in [0.29, 0.717) is 18.3 Å². The summed E-state index contributed by atoms with van der Waals surface area (Å²) in [5, 5.41) is 10.0. The fourth-order valence-electron chi connectivity index (χ4n) is 5.34. The molecule has 3 fully saturated rings. The highest BCUT2D eigenvalue weighted by molar-refractivity contribution is 7.92. The van der Waals surface area contributed by atoms with Crippen molar-refractivity contribution in [2.45, 2.75) is 65.3 Å². The van der Waals surface area contributed by atoms with Gasteiger partial charge in [-0.2, -0.15) is 0 Å². The Bertz CT molecular complexity index is 948. The third-order valence-electron chi connectivity index (χ3n) is 7.25. The molecule has 6 heteroatoms. The van der Waals surface area contributed by atoms with Crippen molar-refractivity contribution in [3.8, 4) is 0 Å². The summed E-state index contributed by atoms with van der Waals surface area (Å²) in [6.07, 6.45) is 10.2. The largest absolute Gasteiger partial charge is 0.481 e. The maximum absolute atomic E-state index is 12.8. The average Bonchev–Trinajstić information content (AvgIpc) is 2.69. The van der Waals surface area contributed by atoms with Gasteiger partial charge in [0.1, 0.15) is 0 Å². The van der Waals surface area contributed by atoms with Gasteiger partial charge in [0.15, 0.2) is 0 Å². The molecule has 1 aromatic rings. The van der Waals surface area contributed by atoms with E-state index >= 15 is 0 Å². The first-order valence-corrected chi connectivity index (χ1v) is 12.8. The van der Waals surface area contributed by atoms with Gasteiger partial charge >= 0.3 is 5.97 Å². The van der Waals surface area contributed by atoms with Crippen LogP contribution in [0.5, 0.6) is 0 Å². The summed E-state index contributed by atoms with van der Waals surface area (Å²) in [4.78, 5) is 10.6. The normalized spacial score (nSPS) is 27.5. The molecule has 2 bridgehead atoms. The molecule has 31 heavy (non-hydrogen) atoms. The van der Waals surface area contributed by atoms with Gasteiger partial charge in [-0.25, -0.2) is 13.1 Å². The number of carboxylic acids is 1. The van der Waals surface area contributed by atoms with E-state index in [-0.39, 0.29) is 23.8 Å². The van der Waals surface area contributed by atoms with E-state index in [2.05, 4.69) is 24.6 Å². The van der Waals surface area contributed by atoms with Crippen LogP contribution in [0.25, 0.3) is 6.08 Å². The van der Waals surface area contributed by atoms with Gasteiger partial charge in [0.2, 0.25) is 10.0 Å². The van der Waals surface area contributed by atoms with E-state index in [0.717, 1.165) is 30.4 Å². The number of benzene rings is 1. The Hall–Kier alpha value is -1.92. The van der Waals surface area contributed by atoms with Gasteiger partial charge in [-0.15, -0.1) is 0 Å². The maximum Gasteiger partial charge on any atom is 0.303 e. The molecule has 0 aromatic heterocycles. The van der Waals surface area contributed by atoms with E-state index < -0.39 is 16.0 Å². The predicted molar refractivity (Wildman–Crippen MR) is 125 cm³/mol. The number of sulfonamides is 1. The first-order chi connectivity index (χ1) is 14.6. The summed E-state index contributed by atoms with van der Waals surface area (Å²) in [6.45, 7) is 6.59. The molecule has 5 nitrogen and oxygen atoms in total. The van der Waals surface area contributed by atoms with Gasteiger partial charge in [-0.05, 0) is 73.8 Å². The highest BCUT2D eigenvalue weighted by Crippen LogP contribution is 2.62. The first kappa shape index (κ1) is 23.7. The van der Waals surface area contributed by atoms with Crippen LogP contribution in [0.3, 0.4) is 0 Å². The van der Waals surface area contributed by atoms with Gasteiger partial charge < -0.3 is 5.11 Å². The van der Waals surface area contributed by atoms with Crippen molar-refractivity contribution in [3.05, 3.63) is 53.0 Å². The highest BCUT2D eigenvalue weighted by Gasteiger charge is 2.57. The summed E-state index contributed by atoms with van der Waals surface area (Å²) >= 11 is 0. The molecule has 3 aliphatic rings. The number of hydrogen-bond acceptors (Lipinski definition) is 3. The SMILES string of the molecule is Cc1cccc(C=CS(=O)(=O)NC2CC3CC(C2C/C=C\CCCC(=O)O)C3(C)C)c1. The molecule has 1 aromatic carbocycles. The molecule has 0 amide bonds. The van der Waals surface area contributed by atoms with Crippen LogP contribution in [-0.2, 0) is 14.8 Å². The third kappa shape index (κ3) is 6.07. The minimum atomic E-state index is -3.53. The number of hydrogen-bond donors (Lipinski definition) is 2. The van der Waals surface area contributed by atoms with Crippen LogP contribution in [0.2, 0.25) is 0 Å². The summed E-state index contributed by atoms with van der Waals surface area (Å²) in [5.41, 5.74) is 2.22. The Morgan fingerprint density at radius 1 is 1.26 bits per heavy atom. The molecule has 4 unspecified atom stereocenters. The molecule has 3 aliphatic carbocycles. The molecule has 0 radical (unpaired) electrons. The number of fused-ring (bicyclic) bond motifs is 2. The molecule has 0 saturated heterocycles. The summed E-state index contributed by atoms with van der Waals surface area (Å²) in [6, 6.07) is 7.70. The average molecular weight is 446 g/mol. The Morgan fingerprint density at radius 3 is 2.71 bits per heavy atom. The van der Waals surface area contributed by atoms with Gasteiger partial charge in [0.05, 0.1) is 0 Å². The number of unbranched alkanes of at least 4 members (excludes halogenated alkanes) is 1. The van der Waals surface area contributed by atoms with Crippen molar-refractivity contribution in [2.75, 3.05) is 0 Å². The van der Waals surface area contributed by atoms with Crippen LogP contribution >= 0.6 is 0 Å². The van der Waals surface area contributed by atoms with Crippen molar-refractivity contribution < 1.29 is 18.3 Å². The zero-order valence-electron chi connectivity index (χ0n) is 18.8. The number of nitrogens with one attached hydrogen (secondary N) is 1. The van der Waals surface area contributed by atoms with Crippen LogP contribution in [0.4, 0.5) is 0 Å². The van der Waals surface area contributed by atoms with Gasteiger partial charge in [0.25, 0.3) is 0 Å². The maximum atomic E-state index is 12.8. The second-order valence-corrected chi connectivity index (χ2v) is 11.3. The standard InChI is InChI=1S/C25H35NO4S/c1-18-9-8-10-19(15-18)13-14-31(29,30)26-23-17-20-16-22(25(20,2)3)21(23)11-6-4-5-7-12-24(27)28/h4,6,8-10,13-15,20-23,26H,5,7,11-12,16-17H2,1-3H3,(H,27,28)/b6-4-,14-13?. The molecular formula is C25H35NO4S. The van der Waals surface area contributed by atoms with Crippen molar-refractivity contribution in [3.63, 3.8) is 0 Å². The topological polar surface area (TPSA) is 83.5 Å². The second kappa shape index (κ2) is 9.70. The van der Waals surface area contributed by atoms with E-state index in [1.165, 1.54) is 11.8 Å². The molecule has 0 spiro atoms. The van der Waals surface area contributed by atoms with Crippen LogP contribution in [0, 0.1) is 30.1 Å².